The molecular weight excluding hydrogens is 947 g/mol. The van der Waals surface area contributed by atoms with Crippen LogP contribution in [0.3, 0.4) is 0 Å². The zero-order valence-electron chi connectivity index (χ0n) is 44.1. The molecule has 0 aliphatic carbocycles. The number of aryl methyl sites for hydroxylation is 2. The topological polar surface area (TPSA) is 39.6 Å². The van der Waals surface area contributed by atoms with Gasteiger partial charge in [0.1, 0.15) is 0 Å². The minimum Gasteiger partial charge on any atom is -0.392 e. The summed E-state index contributed by atoms with van der Waals surface area (Å²) < 4.78 is 0. The molecule has 1 N–H and O–H groups in total. The smallest absolute Gasteiger partial charge is 0.0681 e. The molecule has 0 aliphatic rings. The third-order valence-electron chi connectivity index (χ3n) is 14.5. The number of pyridine rings is 1. The molecule has 0 radical (unpaired) electrons. The molecule has 1 heterocycles. The molecule has 11 aromatic rings. The van der Waals surface area contributed by atoms with Crippen LogP contribution >= 0.6 is 0 Å². The zero-order valence-corrected chi connectivity index (χ0v) is 44.1. The van der Waals surface area contributed by atoms with Gasteiger partial charge in [-0.05, 0) is 152 Å². The predicted octanol–water partition coefficient (Wildman–Crippen LogP) is 18.2. The summed E-state index contributed by atoms with van der Waals surface area (Å²) >= 11 is 0. The molecule has 378 valence electrons. The Hall–Kier alpha value is -9.61. The van der Waals surface area contributed by atoms with E-state index < -0.39 is 0 Å². The number of hydrogen-bond acceptors (Lipinski definition) is 4. The molecule has 0 saturated heterocycles. The van der Waals surface area contributed by atoms with E-state index in [0.29, 0.717) is 0 Å². The highest BCUT2D eigenvalue weighted by Crippen LogP contribution is 2.43. The summed E-state index contributed by atoms with van der Waals surface area (Å²) in [5.74, 6) is 0. The van der Waals surface area contributed by atoms with E-state index in [-0.39, 0.29) is 6.61 Å². The number of aliphatic hydroxyl groups excluding tert-OH is 1. The van der Waals surface area contributed by atoms with E-state index in [4.69, 9.17) is 0 Å². The lowest BCUT2D eigenvalue weighted by molar-refractivity contribution is 0.282. The molecule has 0 amide bonds. The van der Waals surface area contributed by atoms with Gasteiger partial charge in [-0.3, -0.25) is 4.98 Å². The summed E-state index contributed by atoms with van der Waals surface area (Å²) in [5, 5.41) is 12.5. The second-order valence-electron chi connectivity index (χ2n) is 19.9. The van der Waals surface area contributed by atoms with Crippen molar-refractivity contribution in [2.75, 3.05) is 9.80 Å². The zero-order chi connectivity index (χ0) is 53.0. The Kier molecular flexibility index (Phi) is 15.5. The molecule has 0 spiro atoms. The Balaban J connectivity index is 1.09. The summed E-state index contributed by atoms with van der Waals surface area (Å²) in [6, 6.07) is 93.3. The van der Waals surface area contributed by atoms with Gasteiger partial charge >= 0.3 is 0 Å². The molecule has 11 rings (SSSR count). The van der Waals surface area contributed by atoms with Gasteiger partial charge < -0.3 is 14.9 Å². The Labute approximate surface area is 459 Å². The largest absolute Gasteiger partial charge is 0.392 e. The highest BCUT2D eigenvalue weighted by Gasteiger charge is 2.20. The molecule has 10 aromatic carbocycles. The van der Waals surface area contributed by atoms with E-state index in [1.54, 1.807) is 0 Å². The lowest BCUT2D eigenvalue weighted by Gasteiger charge is -2.29. The van der Waals surface area contributed by atoms with Crippen molar-refractivity contribution in [3.05, 3.63) is 352 Å². The average molecular weight is 1010 g/mol. The number of benzene rings is 10. The standard InChI is InChI=1S/C74H61N3O/c1-54-23-29-62(30-24-54)72(63-31-25-55(2)26-32-63)49-65-35-44-74(71-41-40-68(50-73(65)71)76(51-56-15-7-3-8-16-56)52-57-17-9-4-10-18-57)77(66-36-27-58(53-78)28-37-66)67-38-33-61(34-39-67)70(64-45-47-75-48-46-64)43-42-69(59-19-11-5-12-20-59)60-21-13-6-14-22-60/h3-50,78H,51-53H2,1-2H3. The first-order chi connectivity index (χ1) is 38.4. The van der Waals surface area contributed by atoms with Crippen molar-refractivity contribution >= 4 is 56.3 Å². The average Bonchev–Trinajstić information content (AvgIpc) is 3.50. The summed E-state index contributed by atoms with van der Waals surface area (Å²) in [6.45, 7) is 5.73. The third-order valence-corrected chi connectivity index (χ3v) is 14.5. The fraction of sp³-hybridized carbons (Fsp3) is 0.0676. The predicted molar refractivity (Wildman–Crippen MR) is 328 cm³/mol. The van der Waals surface area contributed by atoms with Crippen LogP contribution in [-0.4, -0.2) is 10.1 Å². The summed E-state index contributed by atoms with van der Waals surface area (Å²) in [4.78, 5) is 9.23. The number of hydrogen-bond donors (Lipinski definition) is 1. The third kappa shape index (κ3) is 11.8. The van der Waals surface area contributed by atoms with E-state index in [9.17, 15) is 5.11 Å². The summed E-state index contributed by atoms with van der Waals surface area (Å²) in [5.41, 5.74) is 21.2. The number of aromatic nitrogens is 1. The molecule has 4 nitrogen and oxygen atoms in total. The Morgan fingerprint density at radius 3 is 1.31 bits per heavy atom. The lowest BCUT2D eigenvalue weighted by atomic mass is 9.92. The number of nitrogens with zero attached hydrogens (tertiary/aromatic N) is 3. The van der Waals surface area contributed by atoms with Crippen LogP contribution in [0, 0.1) is 13.8 Å². The summed E-state index contributed by atoms with van der Waals surface area (Å²) in [6.07, 6.45) is 10.6. The normalized spacial score (nSPS) is 11.2. The quantitative estimate of drug-likeness (QED) is 0.0729. The van der Waals surface area contributed by atoms with E-state index in [0.717, 1.165) is 108 Å². The second kappa shape index (κ2) is 23.9. The van der Waals surface area contributed by atoms with Crippen LogP contribution < -0.4 is 9.80 Å². The van der Waals surface area contributed by atoms with Crippen molar-refractivity contribution < 1.29 is 5.11 Å². The van der Waals surface area contributed by atoms with Crippen molar-refractivity contribution in [2.45, 2.75) is 33.5 Å². The maximum Gasteiger partial charge on any atom is 0.0681 e. The van der Waals surface area contributed by atoms with Gasteiger partial charge in [-0.15, -0.1) is 0 Å². The van der Waals surface area contributed by atoms with Gasteiger partial charge in [0, 0.05) is 47.9 Å². The minimum atomic E-state index is -0.0384. The van der Waals surface area contributed by atoms with Gasteiger partial charge in [-0.2, -0.15) is 0 Å². The Morgan fingerprint density at radius 1 is 0.385 bits per heavy atom. The SMILES string of the molecule is Cc1ccc(C(=Cc2ccc(N(c3ccc(CO)cc3)c3ccc(C(=CC=C(c4ccccc4)c4ccccc4)c4ccncc4)cc3)c3ccc(N(Cc4ccccc4)Cc4ccccc4)cc23)c2ccc(C)cc2)cc1. The first-order valence-corrected chi connectivity index (χ1v) is 26.7. The van der Waals surface area contributed by atoms with E-state index >= 15 is 0 Å². The van der Waals surface area contributed by atoms with Crippen LogP contribution in [0.4, 0.5) is 22.7 Å². The molecule has 0 saturated carbocycles. The molecule has 1 aromatic heterocycles. The van der Waals surface area contributed by atoms with Crippen LogP contribution in [0.1, 0.15) is 66.8 Å². The van der Waals surface area contributed by atoms with Crippen LogP contribution in [0.2, 0.25) is 0 Å². The van der Waals surface area contributed by atoms with Crippen molar-refractivity contribution in [3.63, 3.8) is 0 Å². The van der Waals surface area contributed by atoms with Crippen LogP contribution in [0.25, 0.3) is 33.6 Å². The molecule has 0 unspecified atom stereocenters. The van der Waals surface area contributed by atoms with Crippen LogP contribution in [0.15, 0.2) is 285 Å². The first kappa shape index (κ1) is 50.5. The fourth-order valence-corrected chi connectivity index (χ4v) is 10.3. The van der Waals surface area contributed by atoms with Crippen molar-refractivity contribution in [3.8, 4) is 0 Å². The molecular formula is C74H61N3O. The molecule has 4 heteroatoms. The first-order valence-electron chi connectivity index (χ1n) is 26.7. The number of rotatable bonds is 17. The van der Waals surface area contributed by atoms with Gasteiger partial charge in [0.25, 0.3) is 0 Å². The number of anilines is 4. The second-order valence-corrected chi connectivity index (χ2v) is 19.9. The summed E-state index contributed by atoms with van der Waals surface area (Å²) in [7, 11) is 0. The number of allylic oxidation sites excluding steroid dienone is 2. The lowest BCUT2D eigenvalue weighted by Crippen LogP contribution is -2.22. The van der Waals surface area contributed by atoms with E-state index in [1.165, 1.54) is 22.3 Å². The number of aliphatic hydroxyl groups is 1. The monoisotopic (exact) mass is 1010 g/mol. The molecule has 0 aliphatic heterocycles. The highest BCUT2D eigenvalue weighted by atomic mass is 16.3. The van der Waals surface area contributed by atoms with Crippen molar-refractivity contribution in [1.29, 1.82) is 0 Å². The van der Waals surface area contributed by atoms with E-state index in [2.05, 4.69) is 296 Å². The van der Waals surface area contributed by atoms with Crippen LogP contribution in [-0.2, 0) is 19.7 Å². The fourth-order valence-electron chi connectivity index (χ4n) is 10.3. The van der Waals surface area contributed by atoms with Gasteiger partial charge in [0.05, 0.1) is 12.3 Å². The Morgan fingerprint density at radius 2 is 0.808 bits per heavy atom. The van der Waals surface area contributed by atoms with E-state index in [1.807, 2.05) is 24.5 Å². The van der Waals surface area contributed by atoms with Crippen molar-refractivity contribution in [1.82, 2.24) is 4.98 Å². The van der Waals surface area contributed by atoms with Gasteiger partial charge in [-0.1, -0.05) is 230 Å². The molecule has 0 atom stereocenters. The number of fused-ring (bicyclic) bond motifs is 1. The van der Waals surface area contributed by atoms with Gasteiger partial charge in [0.2, 0.25) is 0 Å². The minimum absolute atomic E-state index is 0.0384. The van der Waals surface area contributed by atoms with Crippen molar-refractivity contribution in [2.24, 2.45) is 0 Å². The maximum absolute atomic E-state index is 10.2. The Bertz CT molecular complexity index is 3710. The molecule has 78 heavy (non-hydrogen) atoms. The highest BCUT2D eigenvalue weighted by molar-refractivity contribution is 6.07. The molecule has 0 bridgehead atoms. The van der Waals surface area contributed by atoms with Gasteiger partial charge in [0.15, 0.2) is 0 Å². The van der Waals surface area contributed by atoms with Gasteiger partial charge in [-0.25, -0.2) is 0 Å². The van der Waals surface area contributed by atoms with Crippen LogP contribution in [0.5, 0.6) is 0 Å². The molecule has 0 fully saturated rings. The maximum atomic E-state index is 10.2.